The highest BCUT2D eigenvalue weighted by Gasteiger charge is 2.32. The van der Waals surface area contributed by atoms with Crippen LogP contribution in [-0.4, -0.2) is 30.9 Å². The number of rotatable bonds is 1. The third kappa shape index (κ3) is 2.28. The largest absolute Gasteiger partial charge is 0.383 e. The van der Waals surface area contributed by atoms with E-state index in [1.54, 1.807) is 4.90 Å². The van der Waals surface area contributed by atoms with Crippen LogP contribution in [0.1, 0.15) is 19.3 Å². The van der Waals surface area contributed by atoms with Crippen LogP contribution in [0.25, 0.3) is 0 Å². The molecular weight excluding hydrogens is 242 g/mol. The van der Waals surface area contributed by atoms with Crippen LogP contribution in [0.5, 0.6) is 0 Å². The molecule has 5 nitrogen and oxygen atoms in total. The second-order valence-electron chi connectivity index (χ2n) is 4.95. The normalized spacial score (nSPS) is 22.2. The molecule has 0 unspecified atom stereocenters. The second-order valence-corrected chi connectivity index (χ2v) is 4.95. The Kier molecular flexibility index (Phi) is 3.11. The first kappa shape index (κ1) is 12.0. The van der Waals surface area contributed by atoms with Crippen molar-refractivity contribution in [3.8, 4) is 0 Å². The van der Waals surface area contributed by atoms with Gasteiger partial charge in [-0.25, -0.2) is 0 Å². The molecule has 100 valence electrons. The molecule has 3 rings (SSSR count). The van der Waals surface area contributed by atoms with Crippen LogP contribution in [0.15, 0.2) is 24.3 Å². The van der Waals surface area contributed by atoms with Gasteiger partial charge in [0.15, 0.2) is 0 Å². The van der Waals surface area contributed by atoms with Crippen molar-refractivity contribution in [2.75, 3.05) is 23.3 Å². The minimum Gasteiger partial charge on any atom is -0.383 e. The Morgan fingerprint density at radius 3 is 2.95 bits per heavy atom. The van der Waals surface area contributed by atoms with Gasteiger partial charge in [0.25, 0.3) is 0 Å². The van der Waals surface area contributed by atoms with Crippen molar-refractivity contribution in [2.24, 2.45) is 0 Å². The molecule has 1 atom stereocenters. The lowest BCUT2D eigenvalue weighted by Crippen LogP contribution is -2.45. The van der Waals surface area contributed by atoms with Gasteiger partial charge in [0.05, 0.1) is 11.4 Å². The standard InChI is InChI=1S/C14H17N3O2/c18-13-7-6-11(16-13)14(19)17-9-3-8-15-10-4-1-2-5-12(10)17/h1-2,4-5,11,15H,3,6-9H2,(H,16,18)/t11-/m1/s1. The topological polar surface area (TPSA) is 61.4 Å². The van der Waals surface area contributed by atoms with Crippen LogP contribution in [0.3, 0.4) is 0 Å². The van der Waals surface area contributed by atoms with Gasteiger partial charge in [-0.05, 0) is 25.0 Å². The summed E-state index contributed by atoms with van der Waals surface area (Å²) in [7, 11) is 0. The summed E-state index contributed by atoms with van der Waals surface area (Å²) in [6.07, 6.45) is 1.95. The minimum absolute atomic E-state index is 0.00185. The number of carbonyl (C=O) groups is 2. The molecule has 19 heavy (non-hydrogen) atoms. The first-order valence-electron chi connectivity index (χ1n) is 6.69. The van der Waals surface area contributed by atoms with E-state index in [9.17, 15) is 9.59 Å². The maximum absolute atomic E-state index is 12.5. The first-order valence-corrected chi connectivity index (χ1v) is 6.69. The highest BCUT2D eigenvalue weighted by atomic mass is 16.2. The summed E-state index contributed by atoms with van der Waals surface area (Å²) in [5.41, 5.74) is 1.89. The molecule has 0 radical (unpaired) electrons. The summed E-state index contributed by atoms with van der Waals surface area (Å²) in [5.74, 6) is -0.0263. The maximum atomic E-state index is 12.5. The number of hydrogen-bond acceptors (Lipinski definition) is 3. The monoisotopic (exact) mass is 259 g/mol. The Morgan fingerprint density at radius 1 is 1.32 bits per heavy atom. The van der Waals surface area contributed by atoms with Crippen molar-refractivity contribution < 1.29 is 9.59 Å². The average Bonchev–Trinajstić information content (AvgIpc) is 2.74. The summed E-state index contributed by atoms with van der Waals surface area (Å²) in [4.78, 5) is 25.6. The number of para-hydroxylation sites is 2. The molecule has 0 aromatic heterocycles. The lowest BCUT2D eigenvalue weighted by molar-refractivity contribution is -0.124. The Bertz CT molecular complexity index is 515. The lowest BCUT2D eigenvalue weighted by atomic mass is 10.1. The summed E-state index contributed by atoms with van der Waals surface area (Å²) in [6, 6.07) is 7.45. The molecule has 0 saturated carbocycles. The third-order valence-corrected chi connectivity index (χ3v) is 3.63. The molecule has 2 aliphatic rings. The Hall–Kier alpha value is -2.04. The Balaban J connectivity index is 1.87. The SMILES string of the molecule is O=C1CC[C@H](C(=O)N2CCCNc3ccccc32)N1. The van der Waals surface area contributed by atoms with E-state index < -0.39 is 0 Å². The number of hydrogen-bond donors (Lipinski definition) is 2. The molecule has 0 bridgehead atoms. The molecule has 0 spiro atoms. The van der Waals surface area contributed by atoms with E-state index in [1.807, 2.05) is 24.3 Å². The Morgan fingerprint density at radius 2 is 2.16 bits per heavy atom. The van der Waals surface area contributed by atoms with E-state index in [0.29, 0.717) is 19.4 Å². The number of benzene rings is 1. The number of nitrogens with one attached hydrogen (secondary N) is 2. The van der Waals surface area contributed by atoms with Gasteiger partial charge in [0, 0.05) is 19.5 Å². The van der Waals surface area contributed by atoms with E-state index in [4.69, 9.17) is 0 Å². The molecule has 1 aromatic carbocycles. The minimum atomic E-state index is -0.362. The average molecular weight is 259 g/mol. The first-order chi connectivity index (χ1) is 9.25. The zero-order valence-electron chi connectivity index (χ0n) is 10.7. The van der Waals surface area contributed by atoms with Crippen molar-refractivity contribution in [2.45, 2.75) is 25.3 Å². The highest BCUT2D eigenvalue weighted by Crippen LogP contribution is 2.29. The smallest absolute Gasteiger partial charge is 0.249 e. The lowest BCUT2D eigenvalue weighted by Gasteiger charge is -2.25. The van der Waals surface area contributed by atoms with E-state index in [1.165, 1.54) is 0 Å². The molecule has 5 heteroatoms. The molecule has 2 N–H and O–H groups in total. The number of amides is 2. The van der Waals surface area contributed by atoms with Crippen LogP contribution in [0.4, 0.5) is 11.4 Å². The number of carbonyl (C=O) groups excluding carboxylic acids is 2. The van der Waals surface area contributed by atoms with Gasteiger partial charge in [-0.15, -0.1) is 0 Å². The van der Waals surface area contributed by atoms with Crippen molar-refractivity contribution in [3.05, 3.63) is 24.3 Å². The summed E-state index contributed by atoms with van der Waals surface area (Å²) < 4.78 is 0. The van der Waals surface area contributed by atoms with Crippen molar-refractivity contribution in [1.29, 1.82) is 0 Å². The fraction of sp³-hybridized carbons (Fsp3) is 0.429. The Labute approximate surface area is 112 Å². The zero-order valence-corrected chi connectivity index (χ0v) is 10.7. The molecule has 1 fully saturated rings. The van der Waals surface area contributed by atoms with Crippen LogP contribution in [0.2, 0.25) is 0 Å². The molecule has 1 saturated heterocycles. The summed E-state index contributed by atoms with van der Waals surface area (Å²) >= 11 is 0. The van der Waals surface area contributed by atoms with E-state index in [-0.39, 0.29) is 17.9 Å². The number of nitrogens with zero attached hydrogens (tertiary/aromatic N) is 1. The van der Waals surface area contributed by atoms with Crippen LogP contribution in [0, 0.1) is 0 Å². The van der Waals surface area contributed by atoms with E-state index >= 15 is 0 Å². The second kappa shape index (κ2) is 4.91. The van der Waals surface area contributed by atoms with Gasteiger partial charge in [-0.3, -0.25) is 9.59 Å². The summed E-state index contributed by atoms with van der Waals surface area (Å²) in [6.45, 7) is 1.55. The quantitative estimate of drug-likeness (QED) is 0.794. The van der Waals surface area contributed by atoms with E-state index in [2.05, 4.69) is 10.6 Å². The molecule has 1 aromatic rings. The third-order valence-electron chi connectivity index (χ3n) is 3.63. The van der Waals surface area contributed by atoms with E-state index in [0.717, 1.165) is 24.3 Å². The van der Waals surface area contributed by atoms with Gasteiger partial charge in [0.2, 0.25) is 11.8 Å². The molecular formula is C14H17N3O2. The predicted molar refractivity (Wildman–Crippen MR) is 73.1 cm³/mol. The maximum Gasteiger partial charge on any atom is 0.249 e. The summed E-state index contributed by atoms with van der Waals surface area (Å²) in [5, 5.41) is 6.08. The van der Waals surface area contributed by atoms with Gasteiger partial charge in [0.1, 0.15) is 6.04 Å². The molecule has 2 heterocycles. The highest BCUT2D eigenvalue weighted by molar-refractivity contribution is 6.02. The number of anilines is 2. The fourth-order valence-corrected chi connectivity index (χ4v) is 2.66. The predicted octanol–water partition coefficient (Wildman–Crippen LogP) is 1.11. The fourth-order valence-electron chi connectivity index (χ4n) is 2.66. The van der Waals surface area contributed by atoms with Gasteiger partial charge in [-0.1, -0.05) is 12.1 Å². The molecule has 2 aliphatic heterocycles. The van der Waals surface area contributed by atoms with Crippen molar-refractivity contribution in [3.63, 3.8) is 0 Å². The van der Waals surface area contributed by atoms with Crippen LogP contribution >= 0.6 is 0 Å². The van der Waals surface area contributed by atoms with Crippen molar-refractivity contribution in [1.82, 2.24) is 5.32 Å². The van der Waals surface area contributed by atoms with Crippen molar-refractivity contribution >= 4 is 23.2 Å². The zero-order chi connectivity index (χ0) is 13.2. The molecule has 0 aliphatic carbocycles. The van der Waals surface area contributed by atoms with Gasteiger partial charge < -0.3 is 15.5 Å². The van der Waals surface area contributed by atoms with Crippen LogP contribution < -0.4 is 15.5 Å². The van der Waals surface area contributed by atoms with Gasteiger partial charge in [-0.2, -0.15) is 0 Å². The molecule has 2 amide bonds. The number of fused-ring (bicyclic) bond motifs is 1. The van der Waals surface area contributed by atoms with Gasteiger partial charge >= 0.3 is 0 Å². The van der Waals surface area contributed by atoms with Crippen LogP contribution in [-0.2, 0) is 9.59 Å².